The molecule has 1 aromatic carbocycles. The molecule has 0 aliphatic carbocycles. The molecule has 0 radical (unpaired) electrons. The lowest BCUT2D eigenvalue weighted by Gasteiger charge is -2.17. The minimum atomic E-state index is -2.29. The molecule has 0 saturated carbocycles. The predicted molar refractivity (Wildman–Crippen MR) is 184 cm³/mol. The lowest BCUT2D eigenvalue weighted by molar-refractivity contribution is -0.0386. The summed E-state index contributed by atoms with van der Waals surface area (Å²) < 4.78 is 41.3. The first-order valence-corrected chi connectivity index (χ1v) is 21.5. The van der Waals surface area contributed by atoms with Gasteiger partial charge >= 0.3 is 6.01 Å². The molecule has 5 rings (SSSR count). The highest BCUT2D eigenvalue weighted by atomic mass is 35.5. The Kier molecular flexibility index (Phi) is 10.8. The molecule has 0 bridgehead atoms. The number of imidazole rings is 1. The largest absolute Gasteiger partial charge is 0.459 e. The Hall–Kier alpha value is -2.91. The Balaban J connectivity index is 1.41. The number of halogens is 1. The van der Waals surface area contributed by atoms with Crippen molar-refractivity contribution in [2.75, 3.05) is 39.4 Å². The molecule has 46 heavy (non-hydrogen) atoms. The van der Waals surface area contributed by atoms with Crippen LogP contribution in [0.5, 0.6) is 6.01 Å². The molecule has 0 amide bonds. The number of rotatable bonds is 13. The molecule has 4 aromatic rings. The topological polar surface area (TPSA) is 130 Å². The van der Waals surface area contributed by atoms with Crippen molar-refractivity contribution in [3.63, 3.8) is 0 Å². The molecule has 1 aliphatic rings. The van der Waals surface area contributed by atoms with Gasteiger partial charge in [-0.05, 0) is 29.8 Å². The van der Waals surface area contributed by atoms with Crippen molar-refractivity contribution in [2.45, 2.75) is 57.1 Å². The van der Waals surface area contributed by atoms with Crippen molar-refractivity contribution >= 4 is 46.4 Å². The zero-order valence-electron chi connectivity index (χ0n) is 27.1. The van der Waals surface area contributed by atoms with Crippen LogP contribution in [-0.4, -0.2) is 94.7 Å². The molecule has 1 fully saturated rings. The first kappa shape index (κ1) is 34.4. The van der Waals surface area contributed by atoms with Crippen LogP contribution in [-0.2, 0) is 30.7 Å². The summed E-state index contributed by atoms with van der Waals surface area (Å²) >= 11 is 6.77. The zero-order chi connectivity index (χ0) is 33.1. The second kappa shape index (κ2) is 14.5. The molecule has 1 N–H and O–H groups in total. The van der Waals surface area contributed by atoms with Gasteiger partial charge in [0.2, 0.25) is 0 Å². The Morgan fingerprint density at radius 3 is 2.50 bits per heavy atom. The number of nitrogens with zero attached hydrogens (tertiary/aromatic N) is 5. The average Bonchev–Trinajstić information content (AvgIpc) is 3.58. The maximum absolute atomic E-state index is 12.0. The summed E-state index contributed by atoms with van der Waals surface area (Å²) in [7, 11) is -2.03. The predicted octanol–water partition coefficient (Wildman–Crippen LogP) is 6.03. The van der Waals surface area contributed by atoms with Gasteiger partial charge in [-0.25, -0.2) is 14.2 Å². The molecule has 11 nitrogen and oxygen atoms in total. The number of pyridine rings is 2. The molecule has 3 aromatic heterocycles. The number of aliphatic hydroxyl groups is 1. The van der Waals surface area contributed by atoms with Gasteiger partial charge in [0.1, 0.15) is 24.5 Å². The second-order valence-electron chi connectivity index (χ2n) is 13.0. The molecule has 1 aliphatic heterocycles. The van der Waals surface area contributed by atoms with Gasteiger partial charge in [-0.2, -0.15) is 9.35 Å². The lowest BCUT2D eigenvalue weighted by Crippen LogP contribution is -2.30. The van der Waals surface area contributed by atoms with Gasteiger partial charge in [-0.1, -0.05) is 55.5 Å². The van der Waals surface area contributed by atoms with Crippen molar-refractivity contribution in [3.05, 3.63) is 53.7 Å². The summed E-state index contributed by atoms with van der Waals surface area (Å²) in [5.74, 6) is 0.438. The molecular weight excluding hydrogens is 646 g/mol. The number of methoxy groups -OCH3 is 1. The molecule has 4 heterocycles. The number of hydrogen-bond acceptors (Lipinski definition) is 10. The van der Waals surface area contributed by atoms with E-state index in [0.29, 0.717) is 53.3 Å². The van der Waals surface area contributed by atoms with Gasteiger partial charge in [-0.3, -0.25) is 4.57 Å². The van der Waals surface area contributed by atoms with Gasteiger partial charge in [0.15, 0.2) is 11.5 Å². The Morgan fingerprint density at radius 2 is 1.85 bits per heavy atom. The summed E-state index contributed by atoms with van der Waals surface area (Å²) in [5.41, 5.74) is 4.48. The Labute approximate surface area is 276 Å². The van der Waals surface area contributed by atoms with E-state index in [9.17, 15) is 9.32 Å². The summed E-state index contributed by atoms with van der Waals surface area (Å²) in [6.07, 6.45) is 3.96. The summed E-state index contributed by atoms with van der Waals surface area (Å²) in [4.78, 5) is 14.0. The van der Waals surface area contributed by atoms with E-state index in [1.807, 2.05) is 34.9 Å². The van der Waals surface area contributed by atoms with Crippen LogP contribution in [0, 0.1) is 0 Å². The minimum absolute atomic E-state index is 0.189. The van der Waals surface area contributed by atoms with Gasteiger partial charge < -0.3 is 24.1 Å². The summed E-state index contributed by atoms with van der Waals surface area (Å²) in [6, 6.07) is 14.7. The SMILES string of the molecule is COC[C@@H](O)[C@@H]1C[C@H](Oc2nc3cc(Cl)c(-c4ccc(-c5ccc(N=S(C)(C)=O)nc5)cc4)nc3n2COCC[Si](C)(C)C)CO1. The lowest BCUT2D eigenvalue weighted by atomic mass is 10.0. The first-order valence-electron chi connectivity index (χ1n) is 15.1. The van der Waals surface area contributed by atoms with Gasteiger partial charge in [0, 0.05) is 67.8 Å². The number of ether oxygens (including phenoxy) is 4. The highest BCUT2D eigenvalue weighted by Crippen LogP contribution is 2.33. The highest BCUT2D eigenvalue weighted by Gasteiger charge is 2.33. The molecule has 248 valence electrons. The van der Waals surface area contributed by atoms with E-state index in [1.165, 1.54) is 0 Å². The fraction of sp³-hybridized carbons (Fsp3) is 0.469. The Morgan fingerprint density at radius 1 is 1.13 bits per heavy atom. The molecule has 0 unspecified atom stereocenters. The molecule has 3 atom stereocenters. The molecule has 0 spiro atoms. The number of aromatic nitrogens is 4. The van der Waals surface area contributed by atoms with Crippen molar-refractivity contribution in [2.24, 2.45) is 4.36 Å². The maximum Gasteiger partial charge on any atom is 0.300 e. The maximum atomic E-state index is 12.0. The van der Waals surface area contributed by atoms with Crippen molar-refractivity contribution < 1.29 is 28.3 Å². The first-order chi connectivity index (χ1) is 21.8. The number of hydrogen-bond donors (Lipinski definition) is 1. The van der Waals surface area contributed by atoms with E-state index in [0.717, 1.165) is 22.7 Å². The normalized spacial score (nSPS) is 17.8. The molecule has 14 heteroatoms. The third-order valence-electron chi connectivity index (χ3n) is 7.44. The summed E-state index contributed by atoms with van der Waals surface area (Å²) in [6.45, 7) is 8.28. The molecular formula is C32H42ClN5O6SSi. The smallest absolute Gasteiger partial charge is 0.300 e. The van der Waals surface area contributed by atoms with Crippen LogP contribution in [0.3, 0.4) is 0 Å². The molecule has 1 saturated heterocycles. The van der Waals surface area contributed by atoms with Crippen molar-refractivity contribution in [1.82, 2.24) is 19.5 Å². The summed E-state index contributed by atoms with van der Waals surface area (Å²) in [5, 5.41) is 10.8. The fourth-order valence-corrected chi connectivity index (χ4v) is 6.58. The van der Waals surface area contributed by atoms with Gasteiger partial charge in [-0.15, -0.1) is 0 Å². The van der Waals surface area contributed by atoms with Crippen LogP contribution in [0.25, 0.3) is 33.5 Å². The average molecular weight is 688 g/mol. The second-order valence-corrected chi connectivity index (χ2v) is 21.5. The van der Waals surface area contributed by atoms with E-state index in [2.05, 4.69) is 29.0 Å². The van der Waals surface area contributed by atoms with E-state index >= 15 is 0 Å². The van der Waals surface area contributed by atoms with Crippen molar-refractivity contribution in [3.8, 4) is 28.4 Å². The Bertz CT molecular complexity index is 1760. The van der Waals surface area contributed by atoms with Crippen LogP contribution in [0.4, 0.5) is 5.82 Å². The van der Waals surface area contributed by atoms with Crippen LogP contribution >= 0.6 is 11.6 Å². The van der Waals surface area contributed by atoms with E-state index in [4.69, 9.17) is 40.5 Å². The highest BCUT2D eigenvalue weighted by molar-refractivity contribution is 7.92. The van der Waals surface area contributed by atoms with Crippen LogP contribution in [0.1, 0.15) is 6.42 Å². The number of benzene rings is 1. The quantitative estimate of drug-likeness (QED) is 0.132. The zero-order valence-corrected chi connectivity index (χ0v) is 29.7. The number of aliphatic hydroxyl groups excluding tert-OH is 1. The van der Waals surface area contributed by atoms with Crippen LogP contribution < -0.4 is 4.74 Å². The number of fused-ring (bicyclic) bond motifs is 1. The van der Waals surface area contributed by atoms with E-state index in [-0.39, 0.29) is 25.5 Å². The fourth-order valence-electron chi connectivity index (χ4n) is 5.01. The van der Waals surface area contributed by atoms with Gasteiger partial charge in [0.25, 0.3) is 0 Å². The van der Waals surface area contributed by atoms with E-state index in [1.54, 1.807) is 38.0 Å². The standard InChI is InChI=1S/C32H42ClN5O6SSi/c1-41-19-27(39)28-15-24(18-43-28)44-32-35-26-16-25(33)30(36-31(26)38(32)20-42-13-14-46(4,5)6)22-9-7-21(8-10-22)23-11-12-29(34-17-23)37-45(2,3)40/h7-12,16-17,24,27-28,39H,13-15,18-20H2,1-6H3/t24-,27+,28-/m0/s1. The van der Waals surface area contributed by atoms with Crippen LogP contribution in [0.15, 0.2) is 53.0 Å². The van der Waals surface area contributed by atoms with Gasteiger partial charge in [0.05, 0.1) is 30.0 Å². The monoisotopic (exact) mass is 687 g/mol. The van der Waals surface area contributed by atoms with Crippen LogP contribution in [0.2, 0.25) is 30.7 Å². The third-order valence-corrected chi connectivity index (χ3v) is 10.1. The minimum Gasteiger partial charge on any atom is -0.459 e. The van der Waals surface area contributed by atoms with E-state index < -0.39 is 23.9 Å². The third kappa shape index (κ3) is 8.91. The van der Waals surface area contributed by atoms with Crippen molar-refractivity contribution in [1.29, 1.82) is 0 Å².